The van der Waals surface area contributed by atoms with Gasteiger partial charge in [-0.25, -0.2) is 0 Å². The Labute approximate surface area is 99.3 Å². The monoisotopic (exact) mass is 217 g/mol. The van der Waals surface area contributed by atoms with Gasteiger partial charge in [0, 0.05) is 6.54 Å². The van der Waals surface area contributed by atoms with E-state index in [1.807, 2.05) is 0 Å². The summed E-state index contributed by atoms with van der Waals surface area (Å²) in [5.41, 5.74) is 2.15. The highest BCUT2D eigenvalue weighted by atomic mass is 14.9. The molecule has 0 spiro atoms. The molecule has 2 rings (SSSR count). The molecule has 0 aliphatic heterocycles. The van der Waals surface area contributed by atoms with Crippen molar-refractivity contribution in [2.45, 2.75) is 39.0 Å². The smallest absolute Gasteiger partial charge is 0.000771 e. The number of hydrogen-bond acceptors (Lipinski definition) is 1. The average molecular weight is 217 g/mol. The summed E-state index contributed by atoms with van der Waals surface area (Å²) >= 11 is 0. The van der Waals surface area contributed by atoms with E-state index < -0.39 is 0 Å². The summed E-state index contributed by atoms with van der Waals surface area (Å²) in [5.74, 6) is 0. The Kier molecular flexibility index (Phi) is 4.00. The zero-order chi connectivity index (χ0) is 11.3. The molecule has 1 N–H and O–H groups in total. The molecule has 0 bridgehead atoms. The fourth-order valence-electron chi connectivity index (χ4n) is 2.25. The van der Waals surface area contributed by atoms with Crippen LogP contribution < -0.4 is 5.32 Å². The third kappa shape index (κ3) is 3.34. The molecule has 1 aliphatic carbocycles. The molecule has 1 aromatic carbocycles. The van der Waals surface area contributed by atoms with Crippen molar-refractivity contribution in [3.05, 3.63) is 35.9 Å². The molecule has 1 heteroatoms. The molecule has 0 atom stereocenters. The van der Waals surface area contributed by atoms with Gasteiger partial charge in [0.25, 0.3) is 0 Å². The minimum atomic E-state index is 0.687. The summed E-state index contributed by atoms with van der Waals surface area (Å²) in [6, 6.07) is 10.8. The van der Waals surface area contributed by atoms with Gasteiger partial charge in [-0.05, 0) is 49.6 Å². The first-order chi connectivity index (χ1) is 7.85. The molecule has 0 amide bonds. The quantitative estimate of drug-likeness (QED) is 0.690. The maximum absolute atomic E-state index is 3.61. The Hall–Kier alpha value is -0.820. The SMILES string of the molecule is CCC1(CNCCCc2ccccc2)CC1. The Morgan fingerprint density at radius 1 is 1.19 bits per heavy atom. The molecule has 0 unspecified atom stereocenters. The molecule has 0 radical (unpaired) electrons. The van der Waals surface area contributed by atoms with Gasteiger partial charge < -0.3 is 5.32 Å². The fourth-order valence-corrected chi connectivity index (χ4v) is 2.25. The third-order valence-corrected chi connectivity index (χ3v) is 3.87. The van der Waals surface area contributed by atoms with Crippen LogP contribution in [0.1, 0.15) is 38.2 Å². The van der Waals surface area contributed by atoms with E-state index in [0.717, 1.165) is 6.54 Å². The highest BCUT2D eigenvalue weighted by Crippen LogP contribution is 2.47. The minimum absolute atomic E-state index is 0.687. The average Bonchev–Trinajstić information content (AvgIpc) is 3.11. The lowest BCUT2D eigenvalue weighted by Gasteiger charge is -2.13. The van der Waals surface area contributed by atoms with Crippen molar-refractivity contribution in [1.82, 2.24) is 5.32 Å². The first kappa shape index (κ1) is 11.7. The maximum atomic E-state index is 3.61. The lowest BCUT2D eigenvalue weighted by molar-refractivity contribution is 0.442. The number of benzene rings is 1. The maximum Gasteiger partial charge on any atom is 0.000771 e. The van der Waals surface area contributed by atoms with Crippen molar-refractivity contribution < 1.29 is 0 Å². The number of rotatable bonds is 7. The van der Waals surface area contributed by atoms with Gasteiger partial charge in [-0.3, -0.25) is 0 Å². The van der Waals surface area contributed by atoms with Crippen molar-refractivity contribution in [2.75, 3.05) is 13.1 Å². The molecular formula is C15H23N. The van der Waals surface area contributed by atoms with E-state index in [2.05, 4.69) is 42.6 Å². The molecule has 1 aliphatic rings. The molecule has 88 valence electrons. The van der Waals surface area contributed by atoms with Crippen LogP contribution in [0.2, 0.25) is 0 Å². The van der Waals surface area contributed by atoms with Crippen LogP contribution in [0.25, 0.3) is 0 Å². The van der Waals surface area contributed by atoms with Crippen LogP contribution in [0.3, 0.4) is 0 Å². The molecule has 0 aromatic heterocycles. The topological polar surface area (TPSA) is 12.0 Å². The van der Waals surface area contributed by atoms with E-state index in [0.29, 0.717) is 5.41 Å². The van der Waals surface area contributed by atoms with E-state index in [1.54, 1.807) is 0 Å². The van der Waals surface area contributed by atoms with Crippen LogP contribution >= 0.6 is 0 Å². The molecule has 1 fully saturated rings. The molecule has 1 aromatic rings. The predicted octanol–water partition coefficient (Wildman–Crippen LogP) is 3.40. The highest BCUT2D eigenvalue weighted by molar-refractivity contribution is 5.14. The molecular weight excluding hydrogens is 194 g/mol. The number of aryl methyl sites for hydroxylation is 1. The van der Waals surface area contributed by atoms with Gasteiger partial charge in [-0.2, -0.15) is 0 Å². The number of nitrogens with one attached hydrogen (secondary N) is 1. The van der Waals surface area contributed by atoms with Crippen molar-refractivity contribution in [3.63, 3.8) is 0 Å². The Morgan fingerprint density at radius 2 is 1.94 bits per heavy atom. The largest absolute Gasteiger partial charge is 0.316 e. The van der Waals surface area contributed by atoms with E-state index in [4.69, 9.17) is 0 Å². The highest BCUT2D eigenvalue weighted by Gasteiger charge is 2.39. The molecule has 16 heavy (non-hydrogen) atoms. The molecule has 1 nitrogen and oxygen atoms in total. The van der Waals surface area contributed by atoms with Crippen LogP contribution in [0.4, 0.5) is 0 Å². The molecule has 1 saturated carbocycles. The van der Waals surface area contributed by atoms with Gasteiger partial charge in [-0.15, -0.1) is 0 Å². The number of hydrogen-bond donors (Lipinski definition) is 1. The lowest BCUT2D eigenvalue weighted by Crippen LogP contribution is -2.24. The minimum Gasteiger partial charge on any atom is -0.316 e. The van der Waals surface area contributed by atoms with Crippen LogP contribution in [-0.2, 0) is 6.42 Å². The summed E-state index contributed by atoms with van der Waals surface area (Å²) in [7, 11) is 0. The van der Waals surface area contributed by atoms with Gasteiger partial charge in [0.2, 0.25) is 0 Å². The summed E-state index contributed by atoms with van der Waals surface area (Å²) in [6.45, 7) is 4.72. The second-order valence-corrected chi connectivity index (χ2v) is 5.12. The zero-order valence-electron chi connectivity index (χ0n) is 10.3. The first-order valence-electron chi connectivity index (χ1n) is 6.59. The van der Waals surface area contributed by atoms with Gasteiger partial charge >= 0.3 is 0 Å². The second kappa shape index (κ2) is 5.49. The standard InChI is InChI=1S/C15H23N/c1-2-15(10-11-15)13-16-12-6-9-14-7-4-3-5-8-14/h3-5,7-8,16H,2,6,9-13H2,1H3. The van der Waals surface area contributed by atoms with E-state index >= 15 is 0 Å². The van der Waals surface area contributed by atoms with Crippen molar-refractivity contribution in [2.24, 2.45) is 5.41 Å². The van der Waals surface area contributed by atoms with Gasteiger partial charge in [0.1, 0.15) is 0 Å². The second-order valence-electron chi connectivity index (χ2n) is 5.12. The lowest BCUT2D eigenvalue weighted by atomic mass is 10.0. The first-order valence-corrected chi connectivity index (χ1v) is 6.59. The van der Waals surface area contributed by atoms with Gasteiger partial charge in [-0.1, -0.05) is 37.3 Å². The van der Waals surface area contributed by atoms with Crippen LogP contribution in [0.15, 0.2) is 30.3 Å². The fraction of sp³-hybridized carbons (Fsp3) is 0.600. The Bertz CT molecular complexity index is 300. The summed E-state index contributed by atoms with van der Waals surface area (Å²) in [6.07, 6.45) is 6.68. The van der Waals surface area contributed by atoms with Gasteiger partial charge in [0.15, 0.2) is 0 Å². The van der Waals surface area contributed by atoms with E-state index in [1.165, 1.54) is 44.2 Å². The summed E-state index contributed by atoms with van der Waals surface area (Å²) in [5, 5.41) is 3.61. The Morgan fingerprint density at radius 3 is 2.56 bits per heavy atom. The third-order valence-electron chi connectivity index (χ3n) is 3.87. The van der Waals surface area contributed by atoms with Crippen LogP contribution in [-0.4, -0.2) is 13.1 Å². The van der Waals surface area contributed by atoms with Gasteiger partial charge in [0.05, 0.1) is 0 Å². The summed E-state index contributed by atoms with van der Waals surface area (Å²) < 4.78 is 0. The molecule has 0 saturated heterocycles. The van der Waals surface area contributed by atoms with Crippen molar-refractivity contribution in [1.29, 1.82) is 0 Å². The predicted molar refractivity (Wildman–Crippen MR) is 69.6 cm³/mol. The Balaban J connectivity index is 1.56. The van der Waals surface area contributed by atoms with Crippen LogP contribution in [0, 0.1) is 5.41 Å². The van der Waals surface area contributed by atoms with Crippen molar-refractivity contribution in [3.8, 4) is 0 Å². The van der Waals surface area contributed by atoms with E-state index in [-0.39, 0.29) is 0 Å². The van der Waals surface area contributed by atoms with Crippen LogP contribution in [0.5, 0.6) is 0 Å². The molecule has 0 heterocycles. The van der Waals surface area contributed by atoms with Crippen molar-refractivity contribution >= 4 is 0 Å². The van der Waals surface area contributed by atoms with E-state index in [9.17, 15) is 0 Å². The zero-order valence-corrected chi connectivity index (χ0v) is 10.3. The normalized spacial score (nSPS) is 17.3. The summed E-state index contributed by atoms with van der Waals surface area (Å²) in [4.78, 5) is 0.